The van der Waals surface area contributed by atoms with Crippen molar-refractivity contribution in [2.75, 3.05) is 22.8 Å². The van der Waals surface area contributed by atoms with Gasteiger partial charge in [0.25, 0.3) is 10.0 Å². The number of sulfonamides is 1. The summed E-state index contributed by atoms with van der Waals surface area (Å²) in [4.78, 5) is 12.9. The van der Waals surface area contributed by atoms with E-state index >= 15 is 0 Å². The first kappa shape index (κ1) is 22.7. The van der Waals surface area contributed by atoms with Crippen molar-refractivity contribution in [3.05, 3.63) is 83.4 Å². The molecular formula is C23H23ClN2O4S. The number of anilines is 2. The van der Waals surface area contributed by atoms with E-state index < -0.39 is 22.5 Å². The third-order valence-electron chi connectivity index (χ3n) is 4.53. The summed E-state index contributed by atoms with van der Waals surface area (Å²) in [6.07, 6.45) is 0. The van der Waals surface area contributed by atoms with Crippen molar-refractivity contribution in [1.82, 2.24) is 0 Å². The van der Waals surface area contributed by atoms with Crippen LogP contribution in [0.5, 0.6) is 5.75 Å². The molecule has 0 saturated carbocycles. The third-order valence-corrected chi connectivity index (χ3v) is 6.55. The Balaban J connectivity index is 1.93. The molecule has 0 aromatic heterocycles. The minimum absolute atomic E-state index is 0.0932. The van der Waals surface area contributed by atoms with E-state index in [0.29, 0.717) is 28.8 Å². The number of nitrogens with zero attached hydrogens (tertiary/aromatic N) is 1. The highest BCUT2D eigenvalue weighted by Gasteiger charge is 2.27. The van der Waals surface area contributed by atoms with E-state index in [1.807, 2.05) is 13.8 Å². The number of benzene rings is 3. The zero-order valence-corrected chi connectivity index (χ0v) is 18.8. The van der Waals surface area contributed by atoms with Crippen molar-refractivity contribution in [3.8, 4) is 5.75 Å². The van der Waals surface area contributed by atoms with Gasteiger partial charge in [0.1, 0.15) is 12.3 Å². The fourth-order valence-corrected chi connectivity index (χ4v) is 4.57. The first-order valence-electron chi connectivity index (χ1n) is 9.68. The molecule has 0 atom stereocenters. The van der Waals surface area contributed by atoms with Gasteiger partial charge in [-0.15, -0.1) is 0 Å². The molecule has 162 valence electrons. The predicted molar refractivity (Wildman–Crippen MR) is 123 cm³/mol. The molecule has 0 bridgehead atoms. The van der Waals surface area contributed by atoms with Gasteiger partial charge in [0.05, 0.1) is 17.2 Å². The average molecular weight is 459 g/mol. The molecule has 0 radical (unpaired) electrons. The second kappa shape index (κ2) is 9.85. The zero-order chi connectivity index (χ0) is 22.4. The van der Waals surface area contributed by atoms with Gasteiger partial charge >= 0.3 is 0 Å². The van der Waals surface area contributed by atoms with Gasteiger partial charge in [-0.25, -0.2) is 8.42 Å². The lowest BCUT2D eigenvalue weighted by atomic mass is 10.2. The Morgan fingerprint density at radius 2 is 1.71 bits per heavy atom. The monoisotopic (exact) mass is 458 g/mol. The molecule has 0 heterocycles. The number of carbonyl (C=O) groups excluding carboxylic acids is 1. The number of hydrogen-bond donors (Lipinski definition) is 1. The lowest BCUT2D eigenvalue weighted by Crippen LogP contribution is -2.38. The van der Waals surface area contributed by atoms with Crippen LogP contribution in [0, 0.1) is 6.92 Å². The van der Waals surface area contributed by atoms with E-state index in [-0.39, 0.29) is 4.90 Å². The minimum Gasteiger partial charge on any atom is -0.494 e. The molecule has 8 heteroatoms. The SMILES string of the molecule is CCOc1ccc(N(CC(=O)Nc2cc(Cl)ccc2C)S(=O)(=O)c2ccccc2)cc1. The van der Waals surface area contributed by atoms with E-state index in [0.717, 1.165) is 9.87 Å². The van der Waals surface area contributed by atoms with Crippen LogP contribution in [0.3, 0.4) is 0 Å². The van der Waals surface area contributed by atoms with Crippen molar-refractivity contribution in [3.63, 3.8) is 0 Å². The molecular weight excluding hydrogens is 436 g/mol. The van der Waals surface area contributed by atoms with Gasteiger partial charge in [-0.2, -0.15) is 0 Å². The Labute approximate surface area is 187 Å². The zero-order valence-electron chi connectivity index (χ0n) is 17.2. The fourth-order valence-electron chi connectivity index (χ4n) is 2.96. The van der Waals surface area contributed by atoms with E-state index in [9.17, 15) is 13.2 Å². The molecule has 31 heavy (non-hydrogen) atoms. The smallest absolute Gasteiger partial charge is 0.264 e. The molecule has 0 fully saturated rings. The summed E-state index contributed by atoms with van der Waals surface area (Å²) >= 11 is 6.03. The second-order valence-corrected chi connectivity index (χ2v) is 9.06. The highest BCUT2D eigenvalue weighted by Crippen LogP contribution is 2.26. The standard InChI is InChI=1S/C23H23ClN2O4S/c1-3-30-20-13-11-19(12-14-20)26(31(28,29)21-7-5-4-6-8-21)16-23(27)25-22-15-18(24)10-9-17(22)2/h4-15H,3,16H2,1-2H3,(H,25,27). The number of ether oxygens (including phenoxy) is 1. The van der Waals surface area contributed by atoms with Crippen LogP contribution in [0.2, 0.25) is 5.02 Å². The van der Waals surface area contributed by atoms with Gasteiger partial charge in [-0.1, -0.05) is 35.9 Å². The van der Waals surface area contributed by atoms with Crippen LogP contribution in [0.25, 0.3) is 0 Å². The Bertz CT molecular complexity index is 1150. The van der Waals surface area contributed by atoms with Gasteiger partial charge in [-0.3, -0.25) is 9.10 Å². The Hall–Kier alpha value is -3.03. The van der Waals surface area contributed by atoms with Crippen LogP contribution in [-0.4, -0.2) is 27.5 Å². The molecule has 0 aliphatic heterocycles. The Morgan fingerprint density at radius 3 is 2.35 bits per heavy atom. The Morgan fingerprint density at radius 1 is 1.03 bits per heavy atom. The summed E-state index contributed by atoms with van der Waals surface area (Å²) in [6, 6.07) is 19.7. The highest BCUT2D eigenvalue weighted by atomic mass is 35.5. The topological polar surface area (TPSA) is 75.7 Å². The molecule has 1 N–H and O–H groups in total. The number of nitrogens with one attached hydrogen (secondary N) is 1. The van der Waals surface area contributed by atoms with Crippen LogP contribution in [0.1, 0.15) is 12.5 Å². The quantitative estimate of drug-likeness (QED) is 0.522. The van der Waals surface area contributed by atoms with Crippen LogP contribution in [0.4, 0.5) is 11.4 Å². The summed E-state index contributed by atoms with van der Waals surface area (Å²) in [5.74, 6) is 0.126. The second-order valence-electron chi connectivity index (χ2n) is 6.76. The van der Waals surface area contributed by atoms with Crippen molar-refractivity contribution >= 4 is 38.9 Å². The van der Waals surface area contributed by atoms with E-state index in [4.69, 9.17) is 16.3 Å². The van der Waals surface area contributed by atoms with Gasteiger partial charge in [0.15, 0.2) is 0 Å². The molecule has 0 aliphatic rings. The number of amides is 1. The number of rotatable bonds is 8. The molecule has 3 aromatic carbocycles. The normalized spacial score (nSPS) is 11.1. The summed E-state index contributed by atoms with van der Waals surface area (Å²) in [5, 5.41) is 3.23. The van der Waals surface area contributed by atoms with Gasteiger partial charge < -0.3 is 10.1 Å². The lowest BCUT2D eigenvalue weighted by molar-refractivity contribution is -0.114. The summed E-state index contributed by atoms with van der Waals surface area (Å²) in [7, 11) is -3.98. The number of carbonyl (C=O) groups is 1. The van der Waals surface area contributed by atoms with E-state index in [1.54, 1.807) is 60.7 Å². The minimum atomic E-state index is -3.98. The maximum Gasteiger partial charge on any atom is 0.264 e. The van der Waals surface area contributed by atoms with Gasteiger partial charge in [0.2, 0.25) is 5.91 Å². The summed E-state index contributed by atoms with van der Waals surface area (Å²) < 4.78 is 33.2. The van der Waals surface area contributed by atoms with E-state index in [2.05, 4.69) is 5.32 Å². The van der Waals surface area contributed by atoms with Crippen molar-refractivity contribution in [2.24, 2.45) is 0 Å². The maximum atomic E-state index is 13.3. The van der Waals surface area contributed by atoms with Crippen molar-refractivity contribution in [1.29, 1.82) is 0 Å². The fraction of sp³-hybridized carbons (Fsp3) is 0.174. The van der Waals surface area contributed by atoms with Crippen LogP contribution in [-0.2, 0) is 14.8 Å². The summed E-state index contributed by atoms with van der Waals surface area (Å²) in [6.45, 7) is 3.78. The number of aryl methyl sites for hydroxylation is 1. The number of halogens is 1. The van der Waals surface area contributed by atoms with Gasteiger partial charge in [0, 0.05) is 10.7 Å². The maximum absolute atomic E-state index is 13.3. The number of hydrogen-bond acceptors (Lipinski definition) is 4. The largest absolute Gasteiger partial charge is 0.494 e. The Kier molecular flexibility index (Phi) is 7.20. The first-order chi connectivity index (χ1) is 14.8. The highest BCUT2D eigenvalue weighted by molar-refractivity contribution is 7.92. The molecule has 3 aromatic rings. The first-order valence-corrected chi connectivity index (χ1v) is 11.5. The third kappa shape index (κ3) is 5.57. The molecule has 0 saturated heterocycles. The van der Waals surface area contributed by atoms with Crippen LogP contribution in [0.15, 0.2) is 77.7 Å². The van der Waals surface area contributed by atoms with Crippen LogP contribution < -0.4 is 14.4 Å². The molecule has 0 aliphatic carbocycles. The summed E-state index contributed by atoms with van der Waals surface area (Å²) in [5.41, 5.74) is 1.70. The lowest BCUT2D eigenvalue weighted by Gasteiger charge is -2.24. The van der Waals surface area contributed by atoms with Crippen LogP contribution >= 0.6 is 11.6 Å². The average Bonchev–Trinajstić information content (AvgIpc) is 2.76. The molecule has 1 amide bonds. The van der Waals surface area contributed by atoms with E-state index in [1.165, 1.54) is 12.1 Å². The predicted octanol–water partition coefficient (Wildman–Crippen LogP) is 4.88. The molecule has 0 spiro atoms. The molecule has 3 rings (SSSR count). The van der Waals surface area contributed by atoms with Crippen molar-refractivity contribution in [2.45, 2.75) is 18.7 Å². The molecule has 6 nitrogen and oxygen atoms in total. The molecule has 0 unspecified atom stereocenters. The van der Waals surface area contributed by atoms with Crippen molar-refractivity contribution < 1.29 is 17.9 Å². The van der Waals surface area contributed by atoms with Gasteiger partial charge in [-0.05, 0) is 67.9 Å².